The Bertz CT molecular complexity index is 551. The lowest BCUT2D eigenvalue weighted by Gasteiger charge is -2.32. The molecule has 1 atom stereocenters. The number of carbonyl (C=O) groups excluding carboxylic acids is 1. The molecule has 1 aliphatic rings. The van der Waals surface area contributed by atoms with Crippen molar-refractivity contribution in [2.75, 3.05) is 11.9 Å². The smallest absolute Gasteiger partial charge is 0.326 e. The minimum Gasteiger partial charge on any atom is -0.480 e. The van der Waals surface area contributed by atoms with Crippen molar-refractivity contribution in [3.8, 4) is 0 Å². The Morgan fingerprint density at radius 3 is 2.48 bits per heavy atom. The maximum absolute atomic E-state index is 12.3. The van der Waals surface area contributed by atoms with Crippen molar-refractivity contribution in [2.24, 2.45) is 0 Å². The summed E-state index contributed by atoms with van der Waals surface area (Å²) < 4.78 is 1.02. The fourth-order valence-electron chi connectivity index (χ4n) is 2.64. The molecule has 0 aromatic heterocycles. The number of carboxylic acid groups (broad SMARTS) is 1. The number of aryl methyl sites for hydroxylation is 2. The Hall–Kier alpha value is -1.56. The van der Waals surface area contributed by atoms with Crippen LogP contribution in [0.25, 0.3) is 0 Å². The molecule has 1 saturated heterocycles. The van der Waals surface area contributed by atoms with Crippen LogP contribution in [0.4, 0.5) is 10.5 Å². The van der Waals surface area contributed by atoms with E-state index in [1.165, 1.54) is 4.90 Å². The van der Waals surface area contributed by atoms with Gasteiger partial charge in [0.1, 0.15) is 6.04 Å². The van der Waals surface area contributed by atoms with Gasteiger partial charge in [-0.05, 0) is 56.4 Å². The molecule has 6 heteroatoms. The molecule has 1 unspecified atom stereocenters. The van der Waals surface area contributed by atoms with Gasteiger partial charge in [-0.3, -0.25) is 0 Å². The van der Waals surface area contributed by atoms with E-state index in [0.717, 1.165) is 28.4 Å². The number of rotatable bonds is 2. The Morgan fingerprint density at radius 2 is 1.90 bits per heavy atom. The summed E-state index contributed by atoms with van der Waals surface area (Å²) in [4.78, 5) is 25.0. The third-order valence-electron chi connectivity index (χ3n) is 3.74. The van der Waals surface area contributed by atoms with Crippen LogP contribution >= 0.6 is 15.9 Å². The van der Waals surface area contributed by atoms with Crippen LogP contribution < -0.4 is 5.32 Å². The van der Waals surface area contributed by atoms with Crippen LogP contribution in [0.5, 0.6) is 0 Å². The van der Waals surface area contributed by atoms with Crippen molar-refractivity contribution in [2.45, 2.75) is 39.2 Å². The standard InChI is InChI=1S/C15H19BrN2O3/c1-9-7-11(8-10(2)13(9)16)17-15(21)18-6-4-3-5-12(18)14(19)20/h7-8,12H,3-6H2,1-2H3,(H,17,21)(H,19,20). The zero-order chi connectivity index (χ0) is 15.6. The van der Waals surface area contributed by atoms with E-state index >= 15 is 0 Å². The third kappa shape index (κ3) is 3.56. The van der Waals surface area contributed by atoms with Crippen LogP contribution in [0.2, 0.25) is 0 Å². The maximum atomic E-state index is 12.3. The summed E-state index contributed by atoms with van der Waals surface area (Å²) in [5.74, 6) is -0.937. The minimum absolute atomic E-state index is 0.344. The first-order valence-electron chi connectivity index (χ1n) is 6.97. The van der Waals surface area contributed by atoms with Crippen molar-refractivity contribution in [3.63, 3.8) is 0 Å². The Balaban J connectivity index is 2.15. The number of carbonyl (C=O) groups is 2. The highest BCUT2D eigenvalue weighted by Crippen LogP contribution is 2.26. The van der Waals surface area contributed by atoms with Crippen LogP contribution in [0, 0.1) is 13.8 Å². The number of likely N-dealkylation sites (tertiary alicyclic amines) is 1. The van der Waals surface area contributed by atoms with Gasteiger partial charge in [-0.15, -0.1) is 0 Å². The molecule has 1 aromatic carbocycles. The molecule has 114 valence electrons. The summed E-state index contributed by atoms with van der Waals surface area (Å²) >= 11 is 3.48. The fourth-order valence-corrected chi connectivity index (χ4v) is 2.87. The van der Waals surface area contributed by atoms with Crippen LogP contribution in [0.15, 0.2) is 16.6 Å². The van der Waals surface area contributed by atoms with Gasteiger partial charge in [-0.25, -0.2) is 9.59 Å². The molecule has 0 aliphatic carbocycles. The first-order chi connectivity index (χ1) is 9.90. The van der Waals surface area contributed by atoms with E-state index < -0.39 is 12.0 Å². The van der Waals surface area contributed by atoms with Gasteiger partial charge < -0.3 is 15.3 Å². The second-order valence-electron chi connectivity index (χ2n) is 5.40. The molecule has 21 heavy (non-hydrogen) atoms. The zero-order valence-corrected chi connectivity index (χ0v) is 13.7. The summed E-state index contributed by atoms with van der Waals surface area (Å²) in [6.07, 6.45) is 2.20. The summed E-state index contributed by atoms with van der Waals surface area (Å²) in [7, 11) is 0. The molecule has 0 spiro atoms. The van der Waals surface area contributed by atoms with Gasteiger partial charge in [0.15, 0.2) is 0 Å². The number of halogens is 1. The van der Waals surface area contributed by atoms with Crippen molar-refractivity contribution in [1.82, 2.24) is 4.90 Å². The third-order valence-corrected chi connectivity index (χ3v) is 4.99. The molecule has 2 amide bonds. The minimum atomic E-state index is -0.937. The number of aliphatic carboxylic acids is 1. The summed E-state index contributed by atoms with van der Waals surface area (Å²) in [5, 5.41) is 12.0. The lowest BCUT2D eigenvalue weighted by atomic mass is 10.0. The van der Waals surface area contributed by atoms with E-state index in [-0.39, 0.29) is 6.03 Å². The quantitative estimate of drug-likeness (QED) is 0.853. The molecule has 1 heterocycles. The molecule has 2 rings (SSSR count). The summed E-state index contributed by atoms with van der Waals surface area (Å²) in [5.41, 5.74) is 2.74. The zero-order valence-electron chi connectivity index (χ0n) is 12.1. The van der Waals surface area contributed by atoms with Crippen molar-refractivity contribution < 1.29 is 14.7 Å². The van der Waals surface area contributed by atoms with Gasteiger partial charge in [0.05, 0.1) is 0 Å². The predicted octanol–water partition coefficient (Wildman–Crippen LogP) is 3.54. The number of hydrogen-bond acceptors (Lipinski definition) is 2. The Morgan fingerprint density at radius 1 is 1.29 bits per heavy atom. The van der Waals surface area contributed by atoms with E-state index in [1.54, 1.807) is 0 Å². The second kappa shape index (κ2) is 6.47. The van der Waals surface area contributed by atoms with Crippen molar-refractivity contribution in [1.29, 1.82) is 0 Å². The van der Waals surface area contributed by atoms with Crippen LogP contribution in [-0.2, 0) is 4.79 Å². The predicted molar refractivity (Wildman–Crippen MR) is 84.6 cm³/mol. The number of urea groups is 1. The topological polar surface area (TPSA) is 69.6 Å². The van der Waals surface area contributed by atoms with Gasteiger partial charge in [0, 0.05) is 16.7 Å². The number of nitrogens with one attached hydrogen (secondary N) is 1. The molecule has 5 nitrogen and oxygen atoms in total. The molecule has 0 bridgehead atoms. The van der Waals surface area contributed by atoms with E-state index in [9.17, 15) is 14.7 Å². The number of hydrogen-bond donors (Lipinski definition) is 2. The van der Waals surface area contributed by atoms with Gasteiger partial charge in [-0.1, -0.05) is 15.9 Å². The highest BCUT2D eigenvalue weighted by atomic mass is 79.9. The number of nitrogens with zero attached hydrogens (tertiary/aromatic N) is 1. The number of piperidine rings is 1. The first kappa shape index (κ1) is 15.8. The van der Waals surface area contributed by atoms with E-state index in [2.05, 4.69) is 21.2 Å². The van der Waals surface area contributed by atoms with E-state index in [1.807, 2.05) is 26.0 Å². The molecule has 0 saturated carbocycles. The lowest BCUT2D eigenvalue weighted by molar-refractivity contribution is -0.143. The molecule has 1 fully saturated rings. The lowest BCUT2D eigenvalue weighted by Crippen LogP contribution is -2.49. The van der Waals surface area contributed by atoms with Crippen LogP contribution in [0.3, 0.4) is 0 Å². The summed E-state index contributed by atoms with van der Waals surface area (Å²) in [6.45, 7) is 4.39. The highest BCUT2D eigenvalue weighted by molar-refractivity contribution is 9.10. The largest absolute Gasteiger partial charge is 0.480 e. The van der Waals surface area contributed by atoms with Gasteiger partial charge >= 0.3 is 12.0 Å². The van der Waals surface area contributed by atoms with Crippen LogP contribution in [-0.4, -0.2) is 34.6 Å². The fraction of sp³-hybridized carbons (Fsp3) is 0.467. The normalized spacial score (nSPS) is 18.4. The highest BCUT2D eigenvalue weighted by Gasteiger charge is 2.31. The van der Waals surface area contributed by atoms with Crippen molar-refractivity contribution in [3.05, 3.63) is 27.7 Å². The number of amides is 2. The van der Waals surface area contributed by atoms with Gasteiger partial charge in [0.2, 0.25) is 0 Å². The maximum Gasteiger partial charge on any atom is 0.326 e. The van der Waals surface area contributed by atoms with Crippen molar-refractivity contribution >= 4 is 33.6 Å². The molecule has 2 N–H and O–H groups in total. The van der Waals surface area contributed by atoms with E-state index in [4.69, 9.17) is 0 Å². The molecular formula is C15H19BrN2O3. The first-order valence-corrected chi connectivity index (χ1v) is 7.76. The Kier molecular flexibility index (Phi) is 4.88. The number of carboxylic acids is 1. The second-order valence-corrected chi connectivity index (χ2v) is 6.19. The SMILES string of the molecule is Cc1cc(NC(=O)N2CCCCC2C(=O)O)cc(C)c1Br. The van der Waals surface area contributed by atoms with Crippen LogP contribution in [0.1, 0.15) is 30.4 Å². The molecule has 1 aromatic rings. The van der Waals surface area contributed by atoms with Gasteiger partial charge in [-0.2, -0.15) is 0 Å². The molecular weight excluding hydrogens is 336 g/mol. The van der Waals surface area contributed by atoms with E-state index in [0.29, 0.717) is 18.7 Å². The number of benzene rings is 1. The Labute approximate surface area is 132 Å². The number of anilines is 1. The molecule has 1 aliphatic heterocycles. The summed E-state index contributed by atoms with van der Waals surface area (Å²) in [6, 6.07) is 2.67. The van der Waals surface area contributed by atoms with Gasteiger partial charge in [0.25, 0.3) is 0 Å². The average Bonchev–Trinajstić information content (AvgIpc) is 2.44. The molecule has 0 radical (unpaired) electrons. The average molecular weight is 355 g/mol. The monoisotopic (exact) mass is 354 g/mol.